The van der Waals surface area contributed by atoms with E-state index < -0.39 is 0 Å². The van der Waals surface area contributed by atoms with Crippen LogP contribution < -0.4 is 14.8 Å². The van der Waals surface area contributed by atoms with E-state index in [2.05, 4.69) is 19.2 Å². The topological polar surface area (TPSA) is 64.6 Å². The number of amides is 1. The zero-order valence-corrected chi connectivity index (χ0v) is 17.7. The average molecular weight is 405 g/mol. The standard InChI is InChI=1S/C25H27NO4/c1-25(2)13-19-24(20(27)14-25)18(12-23(28)26-19)17-9-10-21(22(11-17)29-3)30-15-16-7-5-4-6-8-16/h4-11,18H,12-15H2,1-3H3,(H,26,28)/t18-/m1/s1. The quantitative estimate of drug-likeness (QED) is 0.794. The third-order valence-electron chi connectivity index (χ3n) is 5.78. The largest absolute Gasteiger partial charge is 0.493 e. The zero-order valence-electron chi connectivity index (χ0n) is 17.7. The van der Waals surface area contributed by atoms with Crippen molar-refractivity contribution in [3.63, 3.8) is 0 Å². The maximum absolute atomic E-state index is 13.0. The number of nitrogens with one attached hydrogen (secondary N) is 1. The average Bonchev–Trinajstić information content (AvgIpc) is 2.71. The van der Waals surface area contributed by atoms with Gasteiger partial charge in [0.2, 0.25) is 5.91 Å². The molecule has 0 unspecified atom stereocenters. The highest BCUT2D eigenvalue weighted by molar-refractivity contribution is 6.02. The van der Waals surface area contributed by atoms with E-state index in [1.807, 2.05) is 48.5 Å². The maximum Gasteiger partial charge on any atom is 0.225 e. The van der Waals surface area contributed by atoms with Gasteiger partial charge >= 0.3 is 0 Å². The monoisotopic (exact) mass is 405 g/mol. The van der Waals surface area contributed by atoms with Crippen LogP contribution in [0.15, 0.2) is 59.8 Å². The Kier molecular flexibility index (Phi) is 5.37. The fraction of sp³-hybridized carbons (Fsp3) is 0.360. The third kappa shape index (κ3) is 4.11. The van der Waals surface area contributed by atoms with Gasteiger partial charge in [0, 0.05) is 30.0 Å². The number of carbonyl (C=O) groups is 2. The first-order valence-electron chi connectivity index (χ1n) is 10.3. The first kappa shape index (κ1) is 20.2. The summed E-state index contributed by atoms with van der Waals surface area (Å²) in [6.45, 7) is 4.56. The number of benzene rings is 2. The summed E-state index contributed by atoms with van der Waals surface area (Å²) in [5.74, 6) is 1.05. The lowest BCUT2D eigenvalue weighted by molar-refractivity contribution is -0.122. The molecule has 0 fully saturated rings. The van der Waals surface area contributed by atoms with Gasteiger partial charge in [-0.05, 0) is 35.1 Å². The second-order valence-electron chi connectivity index (χ2n) is 8.82. The maximum atomic E-state index is 13.0. The summed E-state index contributed by atoms with van der Waals surface area (Å²) in [5.41, 5.74) is 3.35. The number of ether oxygens (including phenoxy) is 2. The van der Waals surface area contributed by atoms with Crippen molar-refractivity contribution in [3.05, 3.63) is 70.9 Å². The highest BCUT2D eigenvalue weighted by Gasteiger charge is 2.40. The highest BCUT2D eigenvalue weighted by Crippen LogP contribution is 2.45. The molecular formula is C25H27NO4. The minimum Gasteiger partial charge on any atom is -0.493 e. The lowest BCUT2D eigenvalue weighted by Gasteiger charge is -2.37. The lowest BCUT2D eigenvalue weighted by Crippen LogP contribution is -2.40. The van der Waals surface area contributed by atoms with Gasteiger partial charge in [-0.15, -0.1) is 0 Å². The van der Waals surface area contributed by atoms with E-state index in [-0.39, 0.29) is 29.4 Å². The summed E-state index contributed by atoms with van der Waals surface area (Å²) in [6, 6.07) is 15.6. The number of allylic oxidation sites excluding steroid dienone is 2. The number of Topliss-reactive ketones (excluding diaryl/α,β-unsaturated/α-hetero) is 1. The summed E-state index contributed by atoms with van der Waals surface area (Å²) in [5, 5.41) is 2.95. The molecule has 0 saturated carbocycles. The van der Waals surface area contributed by atoms with Crippen LogP contribution in [0.5, 0.6) is 11.5 Å². The molecule has 0 aromatic heterocycles. The van der Waals surface area contributed by atoms with Crippen LogP contribution in [-0.4, -0.2) is 18.8 Å². The van der Waals surface area contributed by atoms with E-state index in [9.17, 15) is 9.59 Å². The molecular weight excluding hydrogens is 378 g/mol. The smallest absolute Gasteiger partial charge is 0.225 e. The summed E-state index contributed by atoms with van der Waals surface area (Å²) >= 11 is 0. The van der Waals surface area contributed by atoms with E-state index in [1.54, 1.807) is 7.11 Å². The number of hydrogen-bond donors (Lipinski definition) is 1. The molecule has 4 rings (SSSR count). The molecule has 2 aromatic rings. The van der Waals surface area contributed by atoms with Gasteiger partial charge in [-0.25, -0.2) is 0 Å². The molecule has 0 spiro atoms. The molecule has 1 heterocycles. The normalized spacial score (nSPS) is 20.4. The molecule has 1 amide bonds. The van der Waals surface area contributed by atoms with Crippen molar-refractivity contribution in [2.45, 2.75) is 45.6 Å². The fourth-order valence-corrected chi connectivity index (χ4v) is 4.40. The third-order valence-corrected chi connectivity index (χ3v) is 5.78. The van der Waals surface area contributed by atoms with E-state index in [1.165, 1.54) is 0 Å². The number of carbonyl (C=O) groups excluding carboxylic acids is 2. The van der Waals surface area contributed by atoms with Crippen LogP contribution in [0.1, 0.15) is 50.2 Å². The van der Waals surface area contributed by atoms with Gasteiger partial charge in [0.1, 0.15) is 6.61 Å². The van der Waals surface area contributed by atoms with Gasteiger partial charge in [0.15, 0.2) is 17.3 Å². The molecule has 30 heavy (non-hydrogen) atoms. The van der Waals surface area contributed by atoms with Crippen LogP contribution in [0.25, 0.3) is 0 Å². The Morgan fingerprint density at radius 3 is 2.53 bits per heavy atom. The van der Waals surface area contributed by atoms with E-state index >= 15 is 0 Å². The van der Waals surface area contributed by atoms with Crippen LogP contribution in [0.3, 0.4) is 0 Å². The van der Waals surface area contributed by atoms with Crippen molar-refractivity contribution in [3.8, 4) is 11.5 Å². The Morgan fingerprint density at radius 1 is 1.03 bits per heavy atom. The lowest BCUT2D eigenvalue weighted by atomic mass is 9.70. The summed E-state index contributed by atoms with van der Waals surface area (Å²) in [4.78, 5) is 25.3. The molecule has 156 valence electrons. The molecule has 1 N–H and O–H groups in total. The Hall–Kier alpha value is -3.08. The highest BCUT2D eigenvalue weighted by atomic mass is 16.5. The second-order valence-corrected chi connectivity index (χ2v) is 8.82. The molecule has 0 radical (unpaired) electrons. The van der Waals surface area contributed by atoms with Gasteiger partial charge in [-0.1, -0.05) is 50.2 Å². The molecule has 1 aliphatic carbocycles. The van der Waals surface area contributed by atoms with Gasteiger partial charge < -0.3 is 14.8 Å². The van der Waals surface area contributed by atoms with Crippen LogP contribution in [0.2, 0.25) is 0 Å². The number of rotatable bonds is 5. The SMILES string of the molecule is COc1cc([C@H]2CC(=O)NC3=C2C(=O)CC(C)(C)C3)ccc1OCc1ccccc1. The minimum atomic E-state index is -0.255. The van der Waals surface area contributed by atoms with Crippen molar-refractivity contribution < 1.29 is 19.1 Å². The number of methoxy groups -OCH3 is 1. The van der Waals surface area contributed by atoms with E-state index in [0.29, 0.717) is 30.9 Å². The predicted molar refractivity (Wildman–Crippen MR) is 114 cm³/mol. The fourth-order valence-electron chi connectivity index (χ4n) is 4.40. The van der Waals surface area contributed by atoms with Gasteiger partial charge in [0.05, 0.1) is 7.11 Å². The second kappa shape index (κ2) is 7.98. The Balaban J connectivity index is 1.63. The number of ketones is 1. The van der Waals surface area contributed by atoms with Crippen molar-refractivity contribution >= 4 is 11.7 Å². The van der Waals surface area contributed by atoms with Gasteiger partial charge in [-0.3, -0.25) is 9.59 Å². The molecule has 2 aromatic carbocycles. The Labute approximate surface area is 177 Å². The van der Waals surface area contributed by atoms with Gasteiger partial charge in [-0.2, -0.15) is 0 Å². The van der Waals surface area contributed by atoms with E-state index in [4.69, 9.17) is 9.47 Å². The summed E-state index contributed by atoms with van der Waals surface area (Å²) < 4.78 is 11.5. The molecule has 0 saturated heterocycles. The minimum absolute atomic E-state index is 0.0485. The van der Waals surface area contributed by atoms with Gasteiger partial charge in [0.25, 0.3) is 0 Å². The number of hydrogen-bond acceptors (Lipinski definition) is 4. The van der Waals surface area contributed by atoms with Crippen LogP contribution in [0.4, 0.5) is 0 Å². The molecule has 1 aliphatic heterocycles. The molecule has 0 bridgehead atoms. The van der Waals surface area contributed by atoms with Crippen LogP contribution in [-0.2, 0) is 16.2 Å². The molecule has 1 atom stereocenters. The predicted octanol–water partition coefficient (Wildman–Crippen LogP) is 4.52. The van der Waals surface area contributed by atoms with E-state index in [0.717, 1.165) is 22.4 Å². The van der Waals surface area contributed by atoms with Crippen molar-refractivity contribution in [2.24, 2.45) is 5.41 Å². The first-order valence-corrected chi connectivity index (χ1v) is 10.3. The van der Waals surface area contributed by atoms with Crippen LogP contribution >= 0.6 is 0 Å². The Morgan fingerprint density at radius 2 is 1.80 bits per heavy atom. The molecule has 5 heteroatoms. The van der Waals surface area contributed by atoms with Crippen molar-refractivity contribution in [2.75, 3.05) is 7.11 Å². The van der Waals surface area contributed by atoms with Crippen molar-refractivity contribution in [1.29, 1.82) is 0 Å². The van der Waals surface area contributed by atoms with Crippen LogP contribution in [0, 0.1) is 5.41 Å². The molecule has 5 nitrogen and oxygen atoms in total. The first-order chi connectivity index (χ1) is 14.4. The molecule has 2 aliphatic rings. The Bertz CT molecular complexity index is 1010. The summed E-state index contributed by atoms with van der Waals surface area (Å²) in [7, 11) is 1.60. The zero-order chi connectivity index (χ0) is 21.3. The summed E-state index contributed by atoms with van der Waals surface area (Å²) in [6.07, 6.45) is 1.46. The van der Waals surface area contributed by atoms with Crippen molar-refractivity contribution in [1.82, 2.24) is 5.32 Å².